The summed E-state index contributed by atoms with van der Waals surface area (Å²) in [6, 6.07) is 9.54. The Morgan fingerprint density at radius 2 is 2.10 bits per heavy atom. The third-order valence-corrected chi connectivity index (χ3v) is 4.04. The van der Waals surface area contributed by atoms with Gasteiger partial charge in [0.15, 0.2) is 0 Å². The molecule has 1 amide bonds. The van der Waals surface area contributed by atoms with E-state index in [-0.39, 0.29) is 30.3 Å². The van der Waals surface area contributed by atoms with Crippen molar-refractivity contribution in [2.75, 3.05) is 26.8 Å². The van der Waals surface area contributed by atoms with Gasteiger partial charge < -0.3 is 15.4 Å². The summed E-state index contributed by atoms with van der Waals surface area (Å²) < 4.78 is 5.35. The maximum absolute atomic E-state index is 12.5. The fourth-order valence-electron chi connectivity index (χ4n) is 2.67. The van der Waals surface area contributed by atoms with Crippen LogP contribution in [0.25, 0.3) is 0 Å². The molecule has 1 aromatic carbocycles. The van der Waals surface area contributed by atoms with Crippen LogP contribution in [0.4, 0.5) is 0 Å². The summed E-state index contributed by atoms with van der Waals surface area (Å²) in [7, 11) is 1.86. The molecule has 1 fully saturated rings. The average Bonchev–Trinajstić information content (AvgIpc) is 2.98. The van der Waals surface area contributed by atoms with Gasteiger partial charge in [0.2, 0.25) is 5.91 Å². The molecule has 0 bridgehead atoms. The molecule has 1 aromatic rings. The van der Waals surface area contributed by atoms with Crippen molar-refractivity contribution in [3.8, 4) is 0 Å². The molecule has 0 saturated carbocycles. The average molecular weight is 313 g/mol. The van der Waals surface area contributed by atoms with Gasteiger partial charge >= 0.3 is 0 Å². The smallest absolute Gasteiger partial charge is 0.227 e. The van der Waals surface area contributed by atoms with Gasteiger partial charge in [-0.3, -0.25) is 4.79 Å². The quantitative estimate of drug-likeness (QED) is 0.907. The number of carbonyl (C=O) groups is 1. The predicted octanol–water partition coefficient (Wildman–Crippen LogP) is 2.24. The summed E-state index contributed by atoms with van der Waals surface area (Å²) in [5.74, 6) is 0.349. The Labute approximate surface area is 133 Å². The second kappa shape index (κ2) is 8.37. The van der Waals surface area contributed by atoms with E-state index in [0.717, 1.165) is 31.7 Å². The van der Waals surface area contributed by atoms with Crippen LogP contribution in [-0.4, -0.2) is 37.6 Å². The van der Waals surface area contributed by atoms with E-state index >= 15 is 0 Å². The molecule has 3 unspecified atom stereocenters. The first-order valence-corrected chi connectivity index (χ1v) is 7.23. The van der Waals surface area contributed by atoms with Crippen LogP contribution in [0, 0.1) is 11.8 Å². The number of benzene rings is 1. The fourth-order valence-corrected chi connectivity index (χ4v) is 2.67. The predicted molar refractivity (Wildman–Crippen MR) is 86.3 cm³/mol. The zero-order valence-corrected chi connectivity index (χ0v) is 13.5. The lowest BCUT2D eigenvalue weighted by Gasteiger charge is -2.27. The number of hydrogen-bond donors (Lipinski definition) is 1. The summed E-state index contributed by atoms with van der Waals surface area (Å²) in [4.78, 5) is 14.2. The molecular weight excluding hydrogens is 288 g/mol. The first-order chi connectivity index (χ1) is 9.59. The number of amides is 1. The largest absolute Gasteiger partial charge is 0.381 e. The van der Waals surface area contributed by atoms with E-state index < -0.39 is 0 Å². The molecule has 0 spiro atoms. The summed E-state index contributed by atoms with van der Waals surface area (Å²) in [6.45, 7) is 4.23. The molecule has 1 saturated heterocycles. The van der Waals surface area contributed by atoms with Crippen LogP contribution in [0.2, 0.25) is 0 Å². The standard InChI is InChI=1S/C16H24N2O2.ClH/c1-12(15(17)14-6-4-3-5-7-14)16(19)18(2)10-13-8-9-20-11-13;/h3-7,12-13,15H,8-11,17H2,1-2H3;1H. The van der Waals surface area contributed by atoms with Crippen molar-refractivity contribution in [3.63, 3.8) is 0 Å². The SMILES string of the molecule is CC(C(=O)N(C)CC1CCOC1)C(N)c1ccccc1.Cl. The van der Waals surface area contributed by atoms with Crippen LogP contribution in [-0.2, 0) is 9.53 Å². The van der Waals surface area contributed by atoms with E-state index in [1.165, 1.54) is 0 Å². The van der Waals surface area contributed by atoms with Crippen LogP contribution >= 0.6 is 12.4 Å². The Bertz CT molecular complexity index is 435. The molecule has 3 atom stereocenters. The zero-order chi connectivity index (χ0) is 14.5. The van der Waals surface area contributed by atoms with Crippen molar-refractivity contribution >= 4 is 18.3 Å². The number of nitrogens with two attached hydrogens (primary N) is 1. The number of rotatable bonds is 5. The Morgan fingerprint density at radius 1 is 1.43 bits per heavy atom. The van der Waals surface area contributed by atoms with Crippen molar-refractivity contribution in [1.82, 2.24) is 4.90 Å². The van der Waals surface area contributed by atoms with Gasteiger partial charge in [0.25, 0.3) is 0 Å². The highest BCUT2D eigenvalue weighted by Crippen LogP contribution is 2.22. The van der Waals surface area contributed by atoms with Crippen LogP contribution in [0.3, 0.4) is 0 Å². The van der Waals surface area contributed by atoms with Gasteiger partial charge in [-0.05, 0) is 12.0 Å². The molecule has 1 heterocycles. The van der Waals surface area contributed by atoms with Crippen LogP contribution in [0.5, 0.6) is 0 Å². The van der Waals surface area contributed by atoms with Crippen LogP contribution < -0.4 is 5.73 Å². The van der Waals surface area contributed by atoms with E-state index in [9.17, 15) is 4.79 Å². The highest BCUT2D eigenvalue weighted by molar-refractivity contribution is 5.85. The zero-order valence-electron chi connectivity index (χ0n) is 12.7. The van der Waals surface area contributed by atoms with Crippen molar-refractivity contribution in [2.24, 2.45) is 17.6 Å². The minimum atomic E-state index is -0.258. The molecule has 2 rings (SSSR count). The molecule has 118 valence electrons. The molecule has 5 heteroatoms. The van der Waals surface area contributed by atoms with Crippen molar-refractivity contribution < 1.29 is 9.53 Å². The molecule has 0 aliphatic carbocycles. The third kappa shape index (κ3) is 4.70. The summed E-state index contributed by atoms with van der Waals surface area (Å²) in [5, 5.41) is 0. The molecule has 1 aliphatic heterocycles. The van der Waals surface area contributed by atoms with Gasteiger partial charge in [0.05, 0.1) is 12.5 Å². The maximum atomic E-state index is 12.5. The lowest BCUT2D eigenvalue weighted by Crippen LogP contribution is -2.39. The number of ether oxygens (including phenoxy) is 1. The third-order valence-electron chi connectivity index (χ3n) is 4.04. The van der Waals surface area contributed by atoms with Crippen molar-refractivity contribution in [3.05, 3.63) is 35.9 Å². The van der Waals surface area contributed by atoms with E-state index in [2.05, 4.69) is 0 Å². The lowest BCUT2D eigenvalue weighted by molar-refractivity contribution is -0.134. The Hall–Kier alpha value is -1.10. The number of carbonyl (C=O) groups excluding carboxylic acids is 1. The van der Waals surface area contributed by atoms with Crippen molar-refractivity contribution in [1.29, 1.82) is 0 Å². The van der Waals surface area contributed by atoms with E-state index in [0.29, 0.717) is 5.92 Å². The molecule has 0 aromatic heterocycles. The fraction of sp³-hybridized carbons (Fsp3) is 0.562. The highest BCUT2D eigenvalue weighted by Gasteiger charge is 2.27. The van der Waals surface area contributed by atoms with Gasteiger partial charge in [-0.15, -0.1) is 12.4 Å². The summed E-state index contributed by atoms with van der Waals surface area (Å²) >= 11 is 0. The Kier molecular flexibility index (Phi) is 7.15. The van der Waals surface area contributed by atoms with Gasteiger partial charge in [0.1, 0.15) is 0 Å². The molecule has 0 radical (unpaired) electrons. The highest BCUT2D eigenvalue weighted by atomic mass is 35.5. The second-order valence-electron chi connectivity index (χ2n) is 5.67. The van der Waals surface area contributed by atoms with Gasteiger partial charge in [-0.2, -0.15) is 0 Å². The van der Waals surface area contributed by atoms with E-state index in [4.69, 9.17) is 10.5 Å². The Morgan fingerprint density at radius 3 is 2.67 bits per heavy atom. The minimum absolute atomic E-state index is 0. The second-order valence-corrected chi connectivity index (χ2v) is 5.67. The van der Waals surface area contributed by atoms with Crippen molar-refractivity contribution in [2.45, 2.75) is 19.4 Å². The topological polar surface area (TPSA) is 55.6 Å². The number of nitrogens with zero attached hydrogens (tertiary/aromatic N) is 1. The molecule has 2 N–H and O–H groups in total. The molecular formula is C16H25ClN2O2. The monoisotopic (exact) mass is 312 g/mol. The lowest BCUT2D eigenvalue weighted by atomic mass is 9.94. The van der Waals surface area contributed by atoms with Gasteiger partial charge in [-0.1, -0.05) is 37.3 Å². The Balaban J connectivity index is 0.00000220. The first kappa shape index (κ1) is 18.0. The van der Waals surface area contributed by atoms with Gasteiger partial charge in [0, 0.05) is 32.2 Å². The van der Waals surface area contributed by atoms with E-state index in [1.807, 2.05) is 44.3 Å². The van der Waals surface area contributed by atoms with E-state index in [1.54, 1.807) is 4.90 Å². The minimum Gasteiger partial charge on any atom is -0.381 e. The summed E-state index contributed by atoms with van der Waals surface area (Å²) in [6.07, 6.45) is 1.04. The molecule has 1 aliphatic rings. The molecule has 4 nitrogen and oxygen atoms in total. The number of halogens is 1. The number of hydrogen-bond acceptors (Lipinski definition) is 3. The summed E-state index contributed by atoms with van der Waals surface area (Å²) in [5.41, 5.74) is 7.22. The van der Waals surface area contributed by atoms with Crippen LogP contribution in [0.1, 0.15) is 24.9 Å². The van der Waals surface area contributed by atoms with Gasteiger partial charge in [-0.25, -0.2) is 0 Å². The van der Waals surface area contributed by atoms with Crippen LogP contribution in [0.15, 0.2) is 30.3 Å². The first-order valence-electron chi connectivity index (χ1n) is 7.23. The maximum Gasteiger partial charge on any atom is 0.227 e. The normalized spacial score (nSPS) is 20.4. The molecule has 21 heavy (non-hydrogen) atoms.